The molecule has 2 nitrogen and oxygen atoms in total. The predicted octanol–water partition coefficient (Wildman–Crippen LogP) is 4.26. The molecule has 0 saturated heterocycles. The highest BCUT2D eigenvalue weighted by atomic mass is 35.5. The third-order valence-corrected chi connectivity index (χ3v) is 3.13. The lowest BCUT2D eigenvalue weighted by Gasteiger charge is -2.08. The van der Waals surface area contributed by atoms with E-state index in [1.165, 1.54) is 0 Å². The Kier molecular flexibility index (Phi) is 2.65. The van der Waals surface area contributed by atoms with Crippen molar-refractivity contribution in [2.24, 2.45) is 0 Å². The van der Waals surface area contributed by atoms with E-state index in [4.69, 9.17) is 11.6 Å². The number of hydrogen-bond donors (Lipinski definition) is 1. The Morgan fingerprint density at radius 2 is 1.78 bits per heavy atom. The van der Waals surface area contributed by atoms with Gasteiger partial charge in [-0.15, -0.1) is 0 Å². The van der Waals surface area contributed by atoms with Crippen molar-refractivity contribution in [3.63, 3.8) is 0 Å². The molecule has 3 heteroatoms. The number of aromatic hydroxyl groups is 1. The van der Waals surface area contributed by atoms with Gasteiger partial charge in [0.05, 0.1) is 5.52 Å². The second-order valence-corrected chi connectivity index (χ2v) is 4.47. The van der Waals surface area contributed by atoms with E-state index < -0.39 is 0 Å². The summed E-state index contributed by atoms with van der Waals surface area (Å²) in [4.78, 5) is 4.29. The van der Waals surface area contributed by atoms with Crippen LogP contribution in [0.15, 0.2) is 54.7 Å². The van der Waals surface area contributed by atoms with Gasteiger partial charge in [0.1, 0.15) is 5.75 Å². The first-order chi connectivity index (χ1) is 8.75. The zero-order valence-corrected chi connectivity index (χ0v) is 10.2. The number of benzene rings is 2. The fourth-order valence-corrected chi connectivity index (χ4v) is 2.22. The Hall–Kier alpha value is -2.06. The number of nitrogens with zero attached hydrogens (tertiary/aromatic N) is 1. The number of hydrogen-bond acceptors (Lipinski definition) is 2. The number of fused-ring (bicyclic) bond motifs is 1. The third kappa shape index (κ3) is 1.81. The summed E-state index contributed by atoms with van der Waals surface area (Å²) in [7, 11) is 0. The van der Waals surface area contributed by atoms with Gasteiger partial charge in [0.15, 0.2) is 0 Å². The number of phenolic OH excluding ortho intramolecular Hbond substituents is 1. The fraction of sp³-hybridized carbons (Fsp3) is 0. The molecular formula is C15H10ClNO. The van der Waals surface area contributed by atoms with Crippen LogP contribution in [0.1, 0.15) is 0 Å². The van der Waals surface area contributed by atoms with Gasteiger partial charge in [-0.05, 0) is 29.8 Å². The van der Waals surface area contributed by atoms with E-state index in [9.17, 15) is 5.11 Å². The van der Waals surface area contributed by atoms with E-state index in [0.29, 0.717) is 5.02 Å². The molecule has 0 aliphatic heterocycles. The van der Waals surface area contributed by atoms with Crippen molar-refractivity contribution >= 4 is 22.5 Å². The van der Waals surface area contributed by atoms with Crippen molar-refractivity contribution in [2.75, 3.05) is 0 Å². The van der Waals surface area contributed by atoms with Crippen molar-refractivity contribution in [1.29, 1.82) is 0 Å². The van der Waals surface area contributed by atoms with Crippen LogP contribution in [-0.2, 0) is 0 Å². The smallest absolute Gasteiger partial charge is 0.123 e. The first kappa shape index (κ1) is 11.1. The number of phenols is 1. The van der Waals surface area contributed by atoms with Crippen LogP contribution in [0.3, 0.4) is 0 Å². The molecule has 18 heavy (non-hydrogen) atoms. The molecule has 88 valence electrons. The minimum absolute atomic E-state index is 0.264. The number of halogens is 1. The molecule has 0 radical (unpaired) electrons. The first-order valence-electron chi connectivity index (χ1n) is 5.58. The number of para-hydroxylation sites is 1. The SMILES string of the molecule is Oc1ccccc1-c1ccnc2cc(Cl)ccc12. The molecule has 1 heterocycles. The fourth-order valence-electron chi connectivity index (χ4n) is 2.06. The van der Waals surface area contributed by atoms with Gasteiger partial charge in [-0.25, -0.2) is 0 Å². The van der Waals surface area contributed by atoms with E-state index >= 15 is 0 Å². The quantitative estimate of drug-likeness (QED) is 0.705. The third-order valence-electron chi connectivity index (χ3n) is 2.90. The summed E-state index contributed by atoms with van der Waals surface area (Å²) in [5, 5.41) is 11.6. The van der Waals surface area contributed by atoms with Gasteiger partial charge >= 0.3 is 0 Å². The first-order valence-corrected chi connectivity index (χ1v) is 5.96. The van der Waals surface area contributed by atoms with Crippen molar-refractivity contribution < 1.29 is 5.11 Å². The van der Waals surface area contributed by atoms with Crippen LogP contribution in [-0.4, -0.2) is 10.1 Å². The van der Waals surface area contributed by atoms with Gasteiger partial charge in [0.2, 0.25) is 0 Å². The highest BCUT2D eigenvalue weighted by molar-refractivity contribution is 6.31. The van der Waals surface area contributed by atoms with Crippen LogP contribution >= 0.6 is 11.6 Å². The lowest BCUT2D eigenvalue weighted by Crippen LogP contribution is -1.84. The molecule has 0 aliphatic carbocycles. The maximum absolute atomic E-state index is 9.93. The molecule has 0 spiro atoms. The Balaban J connectivity index is 2.33. The summed E-state index contributed by atoms with van der Waals surface area (Å²) in [6.45, 7) is 0. The van der Waals surface area contributed by atoms with Crippen LogP contribution < -0.4 is 0 Å². The zero-order valence-electron chi connectivity index (χ0n) is 9.47. The minimum Gasteiger partial charge on any atom is -0.507 e. The summed E-state index contributed by atoms with van der Waals surface area (Å²) in [5.41, 5.74) is 2.57. The second kappa shape index (κ2) is 4.31. The lowest BCUT2D eigenvalue weighted by molar-refractivity contribution is 0.477. The molecule has 1 aromatic heterocycles. The zero-order chi connectivity index (χ0) is 12.5. The number of pyridine rings is 1. The summed E-state index contributed by atoms with van der Waals surface area (Å²) in [6, 6.07) is 14.7. The normalized spacial score (nSPS) is 10.7. The summed E-state index contributed by atoms with van der Waals surface area (Å²) in [6.07, 6.45) is 1.72. The van der Waals surface area contributed by atoms with Crippen LogP contribution in [0.4, 0.5) is 0 Å². The molecule has 0 atom stereocenters. The highest BCUT2D eigenvalue weighted by Crippen LogP contribution is 2.33. The van der Waals surface area contributed by atoms with E-state index in [2.05, 4.69) is 4.98 Å². The maximum Gasteiger partial charge on any atom is 0.123 e. The van der Waals surface area contributed by atoms with Crippen molar-refractivity contribution in [2.45, 2.75) is 0 Å². The Labute approximate surface area is 109 Å². The van der Waals surface area contributed by atoms with Gasteiger partial charge in [0, 0.05) is 22.2 Å². The molecule has 3 rings (SSSR count). The van der Waals surface area contributed by atoms with Gasteiger partial charge in [-0.2, -0.15) is 0 Å². The molecule has 3 aromatic rings. The number of aromatic nitrogens is 1. The van der Waals surface area contributed by atoms with Crippen LogP contribution in [0, 0.1) is 0 Å². The van der Waals surface area contributed by atoms with Crippen molar-refractivity contribution in [1.82, 2.24) is 4.98 Å². The minimum atomic E-state index is 0.264. The molecule has 0 aliphatic rings. The standard InChI is InChI=1S/C15H10ClNO/c16-10-5-6-12-11(7-8-17-14(12)9-10)13-3-1-2-4-15(13)18/h1-9,18H. The second-order valence-electron chi connectivity index (χ2n) is 4.04. The van der Waals surface area contributed by atoms with Crippen LogP contribution in [0.2, 0.25) is 5.02 Å². The molecule has 0 fully saturated rings. The molecule has 0 amide bonds. The van der Waals surface area contributed by atoms with Gasteiger partial charge in [-0.1, -0.05) is 35.9 Å². The van der Waals surface area contributed by atoms with Crippen LogP contribution in [0.25, 0.3) is 22.0 Å². The lowest BCUT2D eigenvalue weighted by atomic mass is 10.0. The summed E-state index contributed by atoms with van der Waals surface area (Å²) >= 11 is 5.96. The molecule has 1 N–H and O–H groups in total. The molecular weight excluding hydrogens is 246 g/mol. The van der Waals surface area contributed by atoms with E-state index in [0.717, 1.165) is 22.0 Å². The average Bonchev–Trinajstić information content (AvgIpc) is 2.38. The monoisotopic (exact) mass is 255 g/mol. The molecule has 0 saturated carbocycles. The Morgan fingerprint density at radius 3 is 2.61 bits per heavy atom. The maximum atomic E-state index is 9.93. The highest BCUT2D eigenvalue weighted by Gasteiger charge is 2.08. The average molecular weight is 256 g/mol. The topological polar surface area (TPSA) is 33.1 Å². The van der Waals surface area contributed by atoms with Gasteiger partial charge in [0.25, 0.3) is 0 Å². The van der Waals surface area contributed by atoms with Gasteiger partial charge in [-0.3, -0.25) is 4.98 Å². The summed E-state index contributed by atoms with van der Waals surface area (Å²) in [5.74, 6) is 0.264. The van der Waals surface area contributed by atoms with E-state index in [-0.39, 0.29) is 5.75 Å². The van der Waals surface area contributed by atoms with Gasteiger partial charge < -0.3 is 5.11 Å². The summed E-state index contributed by atoms with van der Waals surface area (Å²) < 4.78 is 0. The largest absolute Gasteiger partial charge is 0.507 e. The Morgan fingerprint density at radius 1 is 0.944 bits per heavy atom. The van der Waals surface area contributed by atoms with E-state index in [1.807, 2.05) is 36.4 Å². The molecule has 2 aromatic carbocycles. The van der Waals surface area contributed by atoms with Crippen LogP contribution in [0.5, 0.6) is 5.75 Å². The van der Waals surface area contributed by atoms with E-state index in [1.54, 1.807) is 18.3 Å². The predicted molar refractivity (Wildman–Crippen MR) is 73.9 cm³/mol. The number of rotatable bonds is 1. The Bertz CT molecular complexity index is 725. The molecule has 0 unspecified atom stereocenters. The molecule has 0 bridgehead atoms. The van der Waals surface area contributed by atoms with Crippen molar-refractivity contribution in [3.8, 4) is 16.9 Å². The van der Waals surface area contributed by atoms with Crippen molar-refractivity contribution in [3.05, 3.63) is 59.8 Å².